The summed E-state index contributed by atoms with van der Waals surface area (Å²) in [5, 5.41) is 19.6. The highest BCUT2D eigenvalue weighted by molar-refractivity contribution is 5.02. The number of hydrogen-bond acceptors (Lipinski definition) is 4. The molecule has 1 heterocycles. The number of furan rings is 1. The third-order valence-corrected chi connectivity index (χ3v) is 1.62. The van der Waals surface area contributed by atoms with Crippen molar-refractivity contribution in [1.82, 2.24) is 0 Å². The van der Waals surface area contributed by atoms with Gasteiger partial charge in [-0.25, -0.2) is 0 Å². The maximum Gasteiger partial charge on any atom is 0.243 e. The fourth-order valence-electron chi connectivity index (χ4n) is 0.813. The number of aliphatic hydroxyl groups excluding tert-OH is 1. The molecule has 0 bridgehead atoms. The number of hydrogen-bond donors (Lipinski definition) is 1. The average Bonchev–Trinajstić information content (AvgIpc) is 2.53. The molecule has 66 valence electrons. The lowest BCUT2D eigenvalue weighted by molar-refractivity contribution is -0.531. The second-order valence-electron chi connectivity index (χ2n) is 2.49. The molecule has 2 atom stereocenters. The van der Waals surface area contributed by atoms with Crippen molar-refractivity contribution in [1.29, 1.82) is 0 Å². The molecule has 0 aliphatic rings. The van der Waals surface area contributed by atoms with Crippen molar-refractivity contribution in [2.75, 3.05) is 0 Å². The first-order valence-electron chi connectivity index (χ1n) is 3.48. The van der Waals surface area contributed by atoms with Crippen LogP contribution in [0.1, 0.15) is 18.8 Å². The summed E-state index contributed by atoms with van der Waals surface area (Å²) in [6.45, 7) is 1.33. The second-order valence-corrected chi connectivity index (χ2v) is 2.49. The van der Waals surface area contributed by atoms with E-state index in [2.05, 4.69) is 0 Å². The molecule has 0 amide bonds. The van der Waals surface area contributed by atoms with Crippen LogP contribution in [0.15, 0.2) is 22.8 Å². The molecule has 1 aromatic rings. The third kappa shape index (κ3) is 1.62. The Morgan fingerprint density at radius 3 is 2.83 bits per heavy atom. The fourth-order valence-corrected chi connectivity index (χ4v) is 0.813. The van der Waals surface area contributed by atoms with Crippen LogP contribution in [0, 0.1) is 10.1 Å². The quantitative estimate of drug-likeness (QED) is 0.543. The van der Waals surface area contributed by atoms with Gasteiger partial charge < -0.3 is 9.52 Å². The van der Waals surface area contributed by atoms with Gasteiger partial charge in [0.15, 0.2) is 6.10 Å². The predicted octanol–water partition coefficient (Wildman–Crippen LogP) is 0.978. The van der Waals surface area contributed by atoms with Gasteiger partial charge in [0.1, 0.15) is 5.76 Å². The minimum atomic E-state index is -1.17. The summed E-state index contributed by atoms with van der Waals surface area (Å²) >= 11 is 0. The molecule has 0 fully saturated rings. The Morgan fingerprint density at radius 2 is 2.42 bits per heavy atom. The Kier molecular flexibility index (Phi) is 2.44. The van der Waals surface area contributed by atoms with Crippen LogP contribution in [-0.2, 0) is 0 Å². The molecular weight excluding hydrogens is 162 g/mol. The monoisotopic (exact) mass is 171 g/mol. The average molecular weight is 171 g/mol. The van der Waals surface area contributed by atoms with Gasteiger partial charge >= 0.3 is 0 Å². The number of nitro groups is 1. The van der Waals surface area contributed by atoms with Crippen LogP contribution in [0.25, 0.3) is 0 Å². The predicted molar refractivity (Wildman–Crippen MR) is 40.1 cm³/mol. The van der Waals surface area contributed by atoms with Crippen LogP contribution < -0.4 is 0 Å². The molecule has 0 radical (unpaired) electrons. The Hall–Kier alpha value is -1.36. The number of nitrogens with zero attached hydrogens (tertiary/aromatic N) is 1. The molecule has 0 saturated carbocycles. The van der Waals surface area contributed by atoms with E-state index in [1.807, 2.05) is 0 Å². The van der Waals surface area contributed by atoms with Gasteiger partial charge in [-0.3, -0.25) is 10.1 Å². The largest absolute Gasteiger partial charge is 0.466 e. The maximum atomic E-state index is 10.2. The van der Waals surface area contributed by atoms with E-state index in [-0.39, 0.29) is 5.76 Å². The standard InChI is InChI=1S/C7H9NO4/c1-5(8(10)11)7(9)6-3-2-4-12-6/h2-5,7,9H,1H3/t5-,7-/m1/s1. The Bertz CT molecular complexity index is 256. The fraction of sp³-hybridized carbons (Fsp3) is 0.429. The van der Waals surface area contributed by atoms with Crippen molar-refractivity contribution in [2.45, 2.75) is 19.1 Å². The molecule has 0 aliphatic heterocycles. The zero-order chi connectivity index (χ0) is 9.14. The van der Waals surface area contributed by atoms with Gasteiger partial charge in [-0.05, 0) is 12.1 Å². The van der Waals surface area contributed by atoms with Crippen molar-refractivity contribution in [2.24, 2.45) is 0 Å². The van der Waals surface area contributed by atoms with E-state index in [1.165, 1.54) is 19.3 Å². The van der Waals surface area contributed by atoms with Crippen molar-refractivity contribution in [3.63, 3.8) is 0 Å². The van der Waals surface area contributed by atoms with Gasteiger partial charge in [-0.2, -0.15) is 0 Å². The van der Waals surface area contributed by atoms with E-state index >= 15 is 0 Å². The highest BCUT2D eigenvalue weighted by Crippen LogP contribution is 2.18. The lowest BCUT2D eigenvalue weighted by atomic mass is 10.1. The Labute approximate surface area is 68.8 Å². The first-order valence-corrected chi connectivity index (χ1v) is 3.48. The first kappa shape index (κ1) is 8.73. The van der Waals surface area contributed by atoms with Crippen LogP contribution in [0.3, 0.4) is 0 Å². The molecule has 12 heavy (non-hydrogen) atoms. The zero-order valence-electron chi connectivity index (χ0n) is 6.51. The summed E-state index contributed by atoms with van der Waals surface area (Å²) in [7, 11) is 0. The molecule has 0 aromatic carbocycles. The Morgan fingerprint density at radius 1 is 1.75 bits per heavy atom. The number of aliphatic hydroxyl groups is 1. The molecular formula is C7H9NO4. The molecule has 1 N–H and O–H groups in total. The number of rotatable bonds is 3. The van der Waals surface area contributed by atoms with Crippen LogP contribution in [-0.4, -0.2) is 16.1 Å². The van der Waals surface area contributed by atoms with E-state index < -0.39 is 17.1 Å². The molecule has 1 aromatic heterocycles. The van der Waals surface area contributed by atoms with E-state index in [0.29, 0.717) is 0 Å². The van der Waals surface area contributed by atoms with Crippen LogP contribution in [0.5, 0.6) is 0 Å². The smallest absolute Gasteiger partial charge is 0.243 e. The summed E-state index contributed by atoms with van der Waals surface area (Å²) < 4.78 is 4.81. The van der Waals surface area contributed by atoms with E-state index in [0.717, 1.165) is 0 Å². The summed E-state index contributed by atoms with van der Waals surface area (Å²) in [4.78, 5) is 9.69. The van der Waals surface area contributed by atoms with Crippen molar-refractivity contribution in [3.05, 3.63) is 34.3 Å². The summed E-state index contributed by atoms with van der Waals surface area (Å²) in [6, 6.07) is 2.03. The summed E-state index contributed by atoms with van der Waals surface area (Å²) in [5.74, 6) is 0.221. The first-order chi connectivity index (χ1) is 5.63. The minimum Gasteiger partial charge on any atom is -0.466 e. The molecule has 0 unspecified atom stereocenters. The van der Waals surface area contributed by atoms with Gasteiger partial charge in [0.2, 0.25) is 6.04 Å². The van der Waals surface area contributed by atoms with Gasteiger partial charge in [-0.1, -0.05) is 0 Å². The summed E-state index contributed by atoms with van der Waals surface area (Å²) in [5.41, 5.74) is 0. The molecule has 1 rings (SSSR count). The van der Waals surface area contributed by atoms with E-state index in [4.69, 9.17) is 4.42 Å². The van der Waals surface area contributed by atoms with Gasteiger partial charge in [-0.15, -0.1) is 0 Å². The normalized spacial score (nSPS) is 15.5. The SMILES string of the molecule is C[C@H]([C@@H](O)c1ccco1)[N+](=O)[O-]. The Balaban J connectivity index is 2.71. The van der Waals surface area contributed by atoms with Crippen molar-refractivity contribution in [3.8, 4) is 0 Å². The highest BCUT2D eigenvalue weighted by Gasteiger charge is 2.27. The maximum absolute atomic E-state index is 10.2. The highest BCUT2D eigenvalue weighted by atomic mass is 16.6. The van der Waals surface area contributed by atoms with Crippen molar-refractivity contribution >= 4 is 0 Å². The lowest BCUT2D eigenvalue weighted by Crippen LogP contribution is -2.23. The topological polar surface area (TPSA) is 76.5 Å². The van der Waals surface area contributed by atoms with Crippen LogP contribution in [0.2, 0.25) is 0 Å². The van der Waals surface area contributed by atoms with Crippen molar-refractivity contribution < 1.29 is 14.4 Å². The zero-order valence-corrected chi connectivity index (χ0v) is 6.51. The molecule has 0 aliphatic carbocycles. The lowest BCUT2D eigenvalue weighted by Gasteiger charge is -2.08. The van der Waals surface area contributed by atoms with Crippen LogP contribution in [0.4, 0.5) is 0 Å². The van der Waals surface area contributed by atoms with Gasteiger partial charge in [0.05, 0.1) is 6.26 Å². The second kappa shape index (κ2) is 3.36. The molecule has 0 saturated heterocycles. The van der Waals surface area contributed by atoms with Gasteiger partial charge in [0.25, 0.3) is 0 Å². The summed E-state index contributed by atoms with van der Waals surface area (Å²) in [6.07, 6.45) is 0.195. The van der Waals surface area contributed by atoms with Crippen LogP contribution >= 0.6 is 0 Å². The third-order valence-electron chi connectivity index (χ3n) is 1.62. The molecule has 5 heteroatoms. The van der Waals surface area contributed by atoms with E-state index in [1.54, 1.807) is 6.07 Å². The van der Waals surface area contributed by atoms with E-state index in [9.17, 15) is 15.2 Å². The minimum absolute atomic E-state index is 0.221. The van der Waals surface area contributed by atoms with Gasteiger partial charge in [0, 0.05) is 11.8 Å². The molecule has 5 nitrogen and oxygen atoms in total. The molecule has 0 spiro atoms.